The highest BCUT2D eigenvalue weighted by atomic mass is 35.5. The number of aromatic nitrogens is 2. The summed E-state index contributed by atoms with van der Waals surface area (Å²) in [5.74, 6) is 2.33. The minimum absolute atomic E-state index is 0.00398. The van der Waals surface area contributed by atoms with E-state index in [1.807, 2.05) is 30.1 Å². The smallest absolute Gasteiger partial charge is 0.106 e. The second-order valence-corrected chi connectivity index (χ2v) is 8.22. The van der Waals surface area contributed by atoms with Crippen LogP contribution in [-0.4, -0.2) is 15.7 Å². The molecule has 0 radical (unpaired) electrons. The number of ether oxygens (including phenoxy) is 1. The second-order valence-electron chi connectivity index (χ2n) is 6.32. The SMILES string of the molecule is Clc1ccc(CO[C@@H]2c3ccccc3SC[C@@H]2Cc2ncc[nH]2)c(Cl)c1. The van der Waals surface area contributed by atoms with E-state index in [1.165, 1.54) is 10.5 Å². The molecule has 0 spiro atoms. The maximum atomic E-state index is 6.40. The second kappa shape index (κ2) is 8.05. The fraction of sp³-hybridized carbons (Fsp3) is 0.250. The summed E-state index contributed by atoms with van der Waals surface area (Å²) in [7, 11) is 0. The standard InChI is InChI=1S/C20H18Cl2N2OS/c21-15-6-5-13(17(22)10-15)11-25-20-14(9-19-23-7-8-24-19)12-26-18-4-2-1-3-16(18)20/h1-8,10,14,20H,9,11-12H2,(H,23,24)/t14-,20-/m0/s1. The molecule has 0 saturated heterocycles. The molecule has 134 valence electrons. The van der Waals surface area contributed by atoms with E-state index >= 15 is 0 Å². The van der Waals surface area contributed by atoms with Crippen molar-refractivity contribution in [2.45, 2.75) is 24.0 Å². The number of aromatic amines is 1. The van der Waals surface area contributed by atoms with Crippen molar-refractivity contribution in [1.82, 2.24) is 9.97 Å². The van der Waals surface area contributed by atoms with Gasteiger partial charge >= 0.3 is 0 Å². The van der Waals surface area contributed by atoms with Crippen molar-refractivity contribution in [3.05, 3.63) is 81.9 Å². The zero-order chi connectivity index (χ0) is 17.9. The summed E-state index contributed by atoms with van der Waals surface area (Å²) in [4.78, 5) is 8.88. The molecule has 2 atom stereocenters. The number of nitrogens with one attached hydrogen (secondary N) is 1. The maximum absolute atomic E-state index is 6.40. The number of rotatable bonds is 5. The van der Waals surface area contributed by atoms with Crippen LogP contribution in [-0.2, 0) is 17.8 Å². The molecule has 3 nitrogen and oxygen atoms in total. The van der Waals surface area contributed by atoms with E-state index in [4.69, 9.17) is 27.9 Å². The summed E-state index contributed by atoms with van der Waals surface area (Å²) in [5, 5.41) is 1.27. The Morgan fingerprint density at radius 1 is 1.19 bits per heavy atom. The van der Waals surface area contributed by atoms with Crippen LogP contribution in [0.4, 0.5) is 0 Å². The number of H-pyrrole nitrogens is 1. The van der Waals surface area contributed by atoms with Crippen molar-refractivity contribution >= 4 is 35.0 Å². The number of fused-ring (bicyclic) bond motifs is 1. The van der Waals surface area contributed by atoms with Gasteiger partial charge in [-0.25, -0.2) is 4.98 Å². The van der Waals surface area contributed by atoms with Gasteiger partial charge in [-0.3, -0.25) is 0 Å². The van der Waals surface area contributed by atoms with E-state index in [9.17, 15) is 0 Å². The highest BCUT2D eigenvalue weighted by molar-refractivity contribution is 7.99. The molecule has 2 aromatic carbocycles. The van der Waals surface area contributed by atoms with E-state index in [2.05, 4.69) is 34.2 Å². The predicted molar refractivity (Wildman–Crippen MR) is 107 cm³/mol. The summed E-state index contributed by atoms with van der Waals surface area (Å²) >= 11 is 14.2. The minimum Gasteiger partial charge on any atom is -0.368 e. The molecule has 1 N–H and O–H groups in total. The lowest BCUT2D eigenvalue weighted by Gasteiger charge is -2.33. The van der Waals surface area contributed by atoms with Gasteiger partial charge in [0.1, 0.15) is 5.82 Å². The number of imidazole rings is 1. The lowest BCUT2D eigenvalue weighted by atomic mass is 9.93. The third-order valence-corrected chi connectivity index (χ3v) is 6.42. The summed E-state index contributed by atoms with van der Waals surface area (Å²) < 4.78 is 6.40. The van der Waals surface area contributed by atoms with Gasteiger partial charge in [0.25, 0.3) is 0 Å². The van der Waals surface area contributed by atoms with Gasteiger partial charge in [-0.1, -0.05) is 47.5 Å². The zero-order valence-electron chi connectivity index (χ0n) is 14.0. The molecule has 26 heavy (non-hydrogen) atoms. The Labute approximate surface area is 167 Å². The van der Waals surface area contributed by atoms with E-state index < -0.39 is 0 Å². The molecule has 0 unspecified atom stereocenters. The molecule has 4 rings (SSSR count). The molecular weight excluding hydrogens is 387 g/mol. The Morgan fingerprint density at radius 3 is 2.88 bits per heavy atom. The summed E-state index contributed by atoms with van der Waals surface area (Å²) in [6, 6.07) is 14.0. The first-order valence-electron chi connectivity index (χ1n) is 8.46. The molecule has 0 amide bonds. The van der Waals surface area contributed by atoms with Crippen molar-refractivity contribution in [3.8, 4) is 0 Å². The lowest BCUT2D eigenvalue weighted by Crippen LogP contribution is -2.25. The molecule has 6 heteroatoms. The van der Waals surface area contributed by atoms with Crippen molar-refractivity contribution in [2.75, 3.05) is 5.75 Å². The third kappa shape index (κ3) is 3.94. The molecule has 0 bridgehead atoms. The van der Waals surface area contributed by atoms with Gasteiger partial charge in [-0.05, 0) is 29.3 Å². The number of hydrogen-bond acceptors (Lipinski definition) is 3. The third-order valence-electron chi connectivity index (χ3n) is 4.55. The Balaban J connectivity index is 1.57. The fourth-order valence-electron chi connectivity index (χ4n) is 3.25. The quantitative estimate of drug-likeness (QED) is 0.571. The van der Waals surface area contributed by atoms with Crippen molar-refractivity contribution in [1.29, 1.82) is 0 Å². The number of hydrogen-bond donors (Lipinski definition) is 1. The van der Waals surface area contributed by atoms with Crippen LogP contribution in [0.3, 0.4) is 0 Å². The highest BCUT2D eigenvalue weighted by Crippen LogP contribution is 2.43. The van der Waals surface area contributed by atoms with E-state index in [-0.39, 0.29) is 6.10 Å². The van der Waals surface area contributed by atoms with Crippen molar-refractivity contribution in [2.24, 2.45) is 5.92 Å². The predicted octanol–water partition coefficient (Wildman–Crippen LogP) is 5.94. The topological polar surface area (TPSA) is 37.9 Å². The summed E-state index contributed by atoms with van der Waals surface area (Å²) in [6.07, 6.45) is 4.52. The molecule has 3 aromatic rings. The highest BCUT2D eigenvalue weighted by Gasteiger charge is 2.31. The Hall–Kier alpha value is -1.46. The van der Waals surface area contributed by atoms with E-state index in [0.29, 0.717) is 22.6 Å². The molecule has 0 fully saturated rings. The molecule has 0 saturated carbocycles. The summed E-state index contributed by atoms with van der Waals surface area (Å²) in [6.45, 7) is 0.453. The molecule has 1 aliphatic rings. The molecule has 2 heterocycles. The van der Waals surface area contributed by atoms with Gasteiger partial charge in [0.05, 0.1) is 12.7 Å². The number of nitrogens with zero attached hydrogens (tertiary/aromatic N) is 1. The number of thioether (sulfide) groups is 1. The van der Waals surface area contributed by atoms with Crippen LogP contribution >= 0.6 is 35.0 Å². The van der Waals surface area contributed by atoms with Gasteiger partial charge in [0, 0.05) is 45.4 Å². The van der Waals surface area contributed by atoms with Crippen LogP contribution in [0.5, 0.6) is 0 Å². The van der Waals surface area contributed by atoms with Crippen LogP contribution in [0.2, 0.25) is 10.0 Å². The first-order chi connectivity index (χ1) is 12.7. The zero-order valence-corrected chi connectivity index (χ0v) is 16.3. The van der Waals surface area contributed by atoms with Crippen LogP contribution < -0.4 is 0 Å². The van der Waals surface area contributed by atoms with Crippen molar-refractivity contribution < 1.29 is 4.74 Å². The Kier molecular flexibility index (Phi) is 5.55. The first-order valence-corrected chi connectivity index (χ1v) is 10.2. The van der Waals surface area contributed by atoms with Gasteiger partial charge < -0.3 is 9.72 Å². The van der Waals surface area contributed by atoms with Crippen LogP contribution in [0.25, 0.3) is 0 Å². The van der Waals surface area contributed by atoms with E-state index in [0.717, 1.165) is 23.6 Å². The van der Waals surface area contributed by atoms with Crippen LogP contribution in [0.15, 0.2) is 59.8 Å². The van der Waals surface area contributed by atoms with E-state index in [1.54, 1.807) is 12.3 Å². The van der Waals surface area contributed by atoms with Crippen LogP contribution in [0, 0.1) is 5.92 Å². The average Bonchev–Trinajstić information content (AvgIpc) is 3.15. The Morgan fingerprint density at radius 2 is 2.08 bits per heavy atom. The van der Waals surface area contributed by atoms with Crippen molar-refractivity contribution in [3.63, 3.8) is 0 Å². The minimum atomic E-state index is 0.00398. The van der Waals surface area contributed by atoms with Gasteiger partial charge in [-0.15, -0.1) is 11.8 Å². The number of halogens is 2. The summed E-state index contributed by atoms with van der Waals surface area (Å²) in [5.41, 5.74) is 2.19. The molecule has 0 aliphatic carbocycles. The molecular formula is C20H18Cl2N2OS. The van der Waals surface area contributed by atoms with Gasteiger partial charge in [-0.2, -0.15) is 0 Å². The first kappa shape index (κ1) is 17.9. The number of benzene rings is 2. The maximum Gasteiger partial charge on any atom is 0.106 e. The fourth-order valence-corrected chi connectivity index (χ4v) is 4.93. The average molecular weight is 405 g/mol. The monoisotopic (exact) mass is 404 g/mol. The largest absolute Gasteiger partial charge is 0.368 e. The Bertz CT molecular complexity index is 885. The normalized spacial score (nSPS) is 19.3. The van der Waals surface area contributed by atoms with Crippen LogP contribution in [0.1, 0.15) is 23.1 Å². The molecule has 1 aliphatic heterocycles. The van der Waals surface area contributed by atoms with Gasteiger partial charge in [0.2, 0.25) is 0 Å². The molecule has 1 aromatic heterocycles. The lowest BCUT2D eigenvalue weighted by molar-refractivity contribution is 0.00178. The van der Waals surface area contributed by atoms with Gasteiger partial charge in [0.15, 0.2) is 0 Å².